The van der Waals surface area contributed by atoms with Gasteiger partial charge in [-0.3, -0.25) is 9.59 Å². The summed E-state index contributed by atoms with van der Waals surface area (Å²) in [5, 5.41) is 0. The van der Waals surface area contributed by atoms with Crippen LogP contribution in [0.5, 0.6) is 11.5 Å². The van der Waals surface area contributed by atoms with Crippen molar-refractivity contribution < 1.29 is 24.0 Å². The third-order valence-electron chi connectivity index (χ3n) is 3.75. The lowest BCUT2D eigenvalue weighted by Gasteiger charge is -2.29. The Labute approximate surface area is 131 Å². The first kappa shape index (κ1) is 16.5. The second kappa shape index (κ2) is 7.94. The van der Waals surface area contributed by atoms with Gasteiger partial charge in [0.05, 0.1) is 25.9 Å². The zero-order chi connectivity index (χ0) is 15.9. The van der Waals surface area contributed by atoms with Crippen LogP contribution in [0.3, 0.4) is 0 Å². The number of carbonyl (C=O) groups excluding carboxylic acids is 2. The lowest BCUT2D eigenvalue weighted by atomic mass is 10.2. The Morgan fingerprint density at radius 3 is 2.27 bits per heavy atom. The SMILES string of the molecule is CC(=O)CC[NH+](CCC(C)=O)C[C@@H]1COc2ccccc2O1. The van der Waals surface area contributed by atoms with E-state index in [1.165, 1.54) is 4.90 Å². The molecule has 0 fully saturated rings. The number of ether oxygens (including phenoxy) is 2. The number of fused-ring (bicyclic) bond motifs is 1. The highest BCUT2D eigenvalue weighted by Gasteiger charge is 2.25. The fourth-order valence-corrected chi connectivity index (χ4v) is 2.52. The fraction of sp³-hybridized carbons (Fsp3) is 0.529. The molecule has 0 aliphatic carbocycles. The van der Waals surface area contributed by atoms with E-state index in [9.17, 15) is 9.59 Å². The molecule has 1 aliphatic rings. The van der Waals surface area contributed by atoms with Gasteiger partial charge in [0.25, 0.3) is 0 Å². The smallest absolute Gasteiger partial charge is 0.181 e. The minimum atomic E-state index is -0.0520. The van der Waals surface area contributed by atoms with Gasteiger partial charge in [-0.2, -0.15) is 0 Å². The van der Waals surface area contributed by atoms with Crippen molar-refractivity contribution in [2.75, 3.05) is 26.2 Å². The third kappa shape index (κ3) is 5.15. The molecule has 0 amide bonds. The monoisotopic (exact) mass is 306 g/mol. The molecule has 0 saturated carbocycles. The normalized spacial score (nSPS) is 16.6. The number of rotatable bonds is 8. The van der Waals surface area contributed by atoms with Gasteiger partial charge in [-0.25, -0.2) is 0 Å². The van der Waals surface area contributed by atoms with Gasteiger partial charge >= 0.3 is 0 Å². The first-order chi connectivity index (χ1) is 10.5. The summed E-state index contributed by atoms with van der Waals surface area (Å²) < 4.78 is 11.7. The van der Waals surface area contributed by atoms with Crippen LogP contribution in [0.2, 0.25) is 0 Å². The van der Waals surface area contributed by atoms with E-state index in [1.54, 1.807) is 13.8 Å². The summed E-state index contributed by atoms with van der Waals surface area (Å²) in [7, 11) is 0. The summed E-state index contributed by atoms with van der Waals surface area (Å²) in [4.78, 5) is 23.6. The Morgan fingerprint density at radius 1 is 1.09 bits per heavy atom. The van der Waals surface area contributed by atoms with Crippen LogP contribution in [0.25, 0.3) is 0 Å². The molecule has 1 aromatic rings. The molecule has 0 radical (unpaired) electrons. The molecule has 1 atom stereocenters. The van der Waals surface area contributed by atoms with Crippen LogP contribution in [-0.2, 0) is 9.59 Å². The molecule has 120 valence electrons. The van der Waals surface area contributed by atoms with Gasteiger partial charge in [-0.15, -0.1) is 0 Å². The maximum absolute atomic E-state index is 11.2. The molecule has 1 aromatic carbocycles. The summed E-state index contributed by atoms with van der Waals surface area (Å²) in [6.45, 7) is 5.88. The standard InChI is InChI=1S/C17H23NO4/c1-13(19)7-9-18(10-8-14(2)20)11-15-12-21-16-5-3-4-6-17(16)22-15/h3-6,15H,7-12H2,1-2H3/p+1/t15-/m1/s1. The number of nitrogens with one attached hydrogen (secondary N) is 1. The maximum atomic E-state index is 11.2. The zero-order valence-corrected chi connectivity index (χ0v) is 13.3. The van der Waals surface area contributed by atoms with Gasteiger partial charge in [0, 0.05) is 0 Å². The van der Waals surface area contributed by atoms with E-state index in [1.807, 2.05) is 24.3 Å². The topological polar surface area (TPSA) is 57.0 Å². The molecule has 0 saturated heterocycles. The molecular weight excluding hydrogens is 282 g/mol. The van der Waals surface area contributed by atoms with Crippen molar-refractivity contribution in [3.05, 3.63) is 24.3 Å². The molecule has 1 heterocycles. The Balaban J connectivity index is 1.91. The molecule has 0 unspecified atom stereocenters. The highest BCUT2D eigenvalue weighted by atomic mass is 16.6. The summed E-state index contributed by atoms with van der Waals surface area (Å²) in [5.41, 5.74) is 0. The fourth-order valence-electron chi connectivity index (χ4n) is 2.52. The van der Waals surface area contributed by atoms with Crippen molar-refractivity contribution >= 4 is 11.6 Å². The molecule has 1 aliphatic heterocycles. The summed E-state index contributed by atoms with van der Waals surface area (Å²) in [5.74, 6) is 1.88. The second-order valence-corrected chi connectivity index (χ2v) is 5.86. The molecule has 1 N–H and O–H groups in total. The van der Waals surface area contributed by atoms with Crippen LogP contribution in [0, 0.1) is 0 Å². The highest BCUT2D eigenvalue weighted by Crippen LogP contribution is 2.30. The predicted molar refractivity (Wildman–Crippen MR) is 82.5 cm³/mol. The van der Waals surface area contributed by atoms with E-state index in [4.69, 9.17) is 9.47 Å². The van der Waals surface area contributed by atoms with Gasteiger partial charge in [0.15, 0.2) is 17.6 Å². The van der Waals surface area contributed by atoms with E-state index < -0.39 is 0 Å². The zero-order valence-electron chi connectivity index (χ0n) is 13.3. The third-order valence-corrected chi connectivity index (χ3v) is 3.75. The number of benzene rings is 1. The Hall–Kier alpha value is -1.88. The highest BCUT2D eigenvalue weighted by molar-refractivity contribution is 5.75. The molecule has 0 spiro atoms. The van der Waals surface area contributed by atoms with Gasteiger partial charge < -0.3 is 14.4 Å². The van der Waals surface area contributed by atoms with Crippen molar-refractivity contribution in [1.29, 1.82) is 0 Å². The summed E-state index contributed by atoms with van der Waals surface area (Å²) in [6, 6.07) is 7.62. The first-order valence-corrected chi connectivity index (χ1v) is 7.75. The van der Waals surface area contributed by atoms with Crippen molar-refractivity contribution in [2.45, 2.75) is 32.8 Å². The van der Waals surface area contributed by atoms with Crippen LogP contribution >= 0.6 is 0 Å². The van der Waals surface area contributed by atoms with Crippen molar-refractivity contribution in [3.8, 4) is 11.5 Å². The van der Waals surface area contributed by atoms with E-state index in [0.29, 0.717) is 19.4 Å². The lowest BCUT2D eigenvalue weighted by Crippen LogP contribution is -3.13. The first-order valence-electron chi connectivity index (χ1n) is 7.75. The van der Waals surface area contributed by atoms with Crippen molar-refractivity contribution in [1.82, 2.24) is 0 Å². The minimum absolute atomic E-state index is 0.0520. The van der Waals surface area contributed by atoms with Gasteiger partial charge in [0.1, 0.15) is 24.7 Å². The number of hydrogen-bond acceptors (Lipinski definition) is 4. The minimum Gasteiger partial charge on any atom is -0.486 e. The number of carbonyl (C=O) groups is 2. The number of quaternary nitrogens is 1. The van der Waals surface area contributed by atoms with Crippen LogP contribution < -0.4 is 14.4 Å². The van der Waals surface area contributed by atoms with Gasteiger partial charge in [-0.1, -0.05) is 12.1 Å². The maximum Gasteiger partial charge on any atom is 0.181 e. The molecule has 2 rings (SSSR count). The summed E-state index contributed by atoms with van der Waals surface area (Å²) >= 11 is 0. The average molecular weight is 306 g/mol. The van der Waals surface area contributed by atoms with Crippen LogP contribution in [0.15, 0.2) is 24.3 Å². The number of para-hydroxylation sites is 2. The Morgan fingerprint density at radius 2 is 1.68 bits per heavy atom. The van der Waals surface area contributed by atoms with Crippen molar-refractivity contribution in [3.63, 3.8) is 0 Å². The van der Waals surface area contributed by atoms with Crippen LogP contribution in [0.1, 0.15) is 26.7 Å². The largest absolute Gasteiger partial charge is 0.486 e. The second-order valence-electron chi connectivity index (χ2n) is 5.86. The molecule has 0 aromatic heterocycles. The van der Waals surface area contributed by atoms with E-state index in [-0.39, 0.29) is 17.7 Å². The molecule has 22 heavy (non-hydrogen) atoms. The number of hydrogen-bond donors (Lipinski definition) is 1. The number of ketones is 2. The average Bonchev–Trinajstić information content (AvgIpc) is 2.49. The molecular formula is C17H24NO4+. The van der Waals surface area contributed by atoms with E-state index in [0.717, 1.165) is 31.1 Å². The Bertz CT molecular complexity index is 511. The predicted octanol–water partition coefficient (Wildman–Crippen LogP) is 0.670. The number of Topliss-reactive ketones (excluding diaryl/α,β-unsaturated/α-hetero) is 2. The lowest BCUT2D eigenvalue weighted by molar-refractivity contribution is -0.901. The van der Waals surface area contributed by atoms with Crippen LogP contribution in [0.4, 0.5) is 0 Å². The molecule has 5 heteroatoms. The van der Waals surface area contributed by atoms with E-state index in [2.05, 4.69) is 0 Å². The van der Waals surface area contributed by atoms with Gasteiger partial charge in [0.2, 0.25) is 0 Å². The Kier molecular flexibility index (Phi) is 5.95. The van der Waals surface area contributed by atoms with Gasteiger partial charge in [-0.05, 0) is 26.0 Å². The quantitative estimate of drug-likeness (QED) is 0.767. The summed E-state index contributed by atoms with van der Waals surface area (Å²) in [6.07, 6.45) is 0.998. The van der Waals surface area contributed by atoms with Crippen molar-refractivity contribution in [2.24, 2.45) is 0 Å². The van der Waals surface area contributed by atoms with E-state index >= 15 is 0 Å². The molecule has 0 bridgehead atoms. The molecule has 5 nitrogen and oxygen atoms in total. The van der Waals surface area contributed by atoms with Crippen LogP contribution in [-0.4, -0.2) is 43.9 Å².